The molecule has 19 heavy (non-hydrogen) atoms. The van der Waals surface area contributed by atoms with E-state index in [0.29, 0.717) is 5.56 Å². The average molecular weight is 264 g/mol. The molecule has 1 aromatic rings. The molecule has 0 fully saturated rings. The van der Waals surface area contributed by atoms with Gasteiger partial charge in [-0.3, -0.25) is 0 Å². The summed E-state index contributed by atoms with van der Waals surface area (Å²) in [6.45, 7) is 5.71. The maximum Gasteiger partial charge on any atom is 0.330 e. The van der Waals surface area contributed by atoms with Crippen molar-refractivity contribution in [3.8, 4) is 0 Å². The van der Waals surface area contributed by atoms with Gasteiger partial charge in [0.1, 0.15) is 0 Å². The third-order valence-corrected chi connectivity index (χ3v) is 2.99. The van der Waals surface area contributed by atoms with Crippen LogP contribution in [0.4, 0.5) is 4.79 Å². The number of amides is 2. The lowest BCUT2D eigenvalue weighted by Crippen LogP contribution is -2.49. The zero-order chi connectivity index (χ0) is 14.5. The third kappa shape index (κ3) is 4.62. The summed E-state index contributed by atoms with van der Waals surface area (Å²) in [4.78, 5) is 23.0. The van der Waals surface area contributed by atoms with Gasteiger partial charge in [0, 0.05) is 5.54 Å². The Hall–Kier alpha value is -2.04. The summed E-state index contributed by atoms with van der Waals surface area (Å²) >= 11 is 0. The minimum absolute atomic E-state index is 0.371. The van der Waals surface area contributed by atoms with Crippen molar-refractivity contribution >= 4 is 12.0 Å². The molecule has 3 N–H and O–H groups in total. The van der Waals surface area contributed by atoms with Crippen molar-refractivity contribution in [1.29, 1.82) is 0 Å². The number of carbonyl (C=O) groups excluding carboxylic acids is 1. The molecular weight excluding hydrogens is 244 g/mol. The smallest absolute Gasteiger partial charge is 0.330 e. The van der Waals surface area contributed by atoms with Crippen molar-refractivity contribution < 1.29 is 14.7 Å². The van der Waals surface area contributed by atoms with E-state index in [1.54, 1.807) is 30.3 Å². The van der Waals surface area contributed by atoms with Gasteiger partial charge < -0.3 is 15.7 Å². The molecule has 0 aliphatic rings. The van der Waals surface area contributed by atoms with E-state index in [1.165, 1.54) is 0 Å². The highest BCUT2D eigenvalue weighted by atomic mass is 16.4. The van der Waals surface area contributed by atoms with Gasteiger partial charge in [-0.15, -0.1) is 0 Å². The second-order valence-electron chi connectivity index (χ2n) is 5.02. The van der Waals surface area contributed by atoms with Gasteiger partial charge in [-0.2, -0.15) is 0 Å². The Morgan fingerprint density at radius 2 is 1.84 bits per heavy atom. The van der Waals surface area contributed by atoms with Gasteiger partial charge >= 0.3 is 12.0 Å². The number of rotatable bonds is 5. The van der Waals surface area contributed by atoms with Crippen LogP contribution in [0, 0.1) is 0 Å². The SMILES string of the molecule is CCC(C)(C)NC(=O)NC(C(=O)O)c1ccccc1. The summed E-state index contributed by atoms with van der Waals surface area (Å²) in [5, 5.41) is 14.4. The van der Waals surface area contributed by atoms with Gasteiger partial charge in [0.25, 0.3) is 0 Å². The quantitative estimate of drug-likeness (QED) is 0.763. The predicted octanol–water partition coefficient (Wildman–Crippen LogP) is 2.30. The predicted molar refractivity (Wildman–Crippen MR) is 72.9 cm³/mol. The molecule has 0 spiro atoms. The van der Waals surface area contributed by atoms with Crippen LogP contribution in [-0.4, -0.2) is 22.6 Å². The highest BCUT2D eigenvalue weighted by Gasteiger charge is 2.24. The number of carbonyl (C=O) groups is 2. The fraction of sp³-hybridized carbons (Fsp3) is 0.429. The van der Waals surface area contributed by atoms with Crippen LogP contribution in [-0.2, 0) is 4.79 Å². The lowest BCUT2D eigenvalue weighted by Gasteiger charge is -2.26. The minimum Gasteiger partial charge on any atom is -0.479 e. The fourth-order valence-electron chi connectivity index (χ4n) is 1.50. The second kappa shape index (κ2) is 6.22. The van der Waals surface area contributed by atoms with Gasteiger partial charge in [0.2, 0.25) is 0 Å². The summed E-state index contributed by atoms with van der Waals surface area (Å²) in [6, 6.07) is 7.08. The Morgan fingerprint density at radius 1 is 1.26 bits per heavy atom. The Balaban J connectivity index is 2.76. The van der Waals surface area contributed by atoms with Gasteiger partial charge in [-0.05, 0) is 25.8 Å². The maximum atomic E-state index is 11.8. The number of carboxylic acids is 1. The molecule has 1 rings (SSSR count). The first-order chi connectivity index (χ1) is 8.85. The van der Waals surface area contributed by atoms with Crippen LogP contribution in [0.5, 0.6) is 0 Å². The lowest BCUT2D eigenvalue weighted by molar-refractivity contribution is -0.139. The van der Waals surface area contributed by atoms with Crippen LogP contribution in [0.3, 0.4) is 0 Å². The zero-order valence-corrected chi connectivity index (χ0v) is 11.4. The minimum atomic E-state index is -1.09. The highest BCUT2D eigenvalue weighted by molar-refractivity contribution is 5.83. The molecule has 0 heterocycles. The first kappa shape index (κ1) is 15.0. The number of benzene rings is 1. The summed E-state index contributed by atoms with van der Waals surface area (Å²) in [7, 11) is 0. The van der Waals surface area contributed by atoms with Crippen molar-refractivity contribution in [1.82, 2.24) is 10.6 Å². The van der Waals surface area contributed by atoms with Crippen LogP contribution < -0.4 is 10.6 Å². The lowest BCUT2D eigenvalue weighted by atomic mass is 10.0. The summed E-state index contributed by atoms with van der Waals surface area (Å²) in [5.41, 5.74) is 0.170. The number of carboxylic acid groups (broad SMARTS) is 1. The monoisotopic (exact) mass is 264 g/mol. The van der Waals surface area contributed by atoms with Crippen LogP contribution in [0.15, 0.2) is 30.3 Å². The Kier molecular flexibility index (Phi) is 4.92. The molecule has 0 bridgehead atoms. The van der Waals surface area contributed by atoms with E-state index in [1.807, 2.05) is 20.8 Å². The van der Waals surface area contributed by atoms with Crippen molar-refractivity contribution in [3.05, 3.63) is 35.9 Å². The molecule has 0 aromatic heterocycles. The van der Waals surface area contributed by atoms with Crippen LogP contribution in [0.25, 0.3) is 0 Å². The Labute approximate surface area is 113 Å². The Bertz CT molecular complexity index is 443. The van der Waals surface area contributed by atoms with Gasteiger partial charge in [0.15, 0.2) is 6.04 Å². The van der Waals surface area contributed by atoms with Crippen molar-refractivity contribution in [2.24, 2.45) is 0 Å². The number of nitrogens with one attached hydrogen (secondary N) is 2. The number of urea groups is 1. The molecule has 2 amide bonds. The summed E-state index contributed by atoms with van der Waals surface area (Å²) in [6.07, 6.45) is 0.753. The van der Waals surface area contributed by atoms with Gasteiger partial charge in [0.05, 0.1) is 0 Å². The van der Waals surface area contributed by atoms with E-state index in [9.17, 15) is 14.7 Å². The summed E-state index contributed by atoms with van der Waals surface area (Å²) < 4.78 is 0. The molecule has 0 aliphatic carbocycles. The van der Waals surface area contributed by atoms with Crippen molar-refractivity contribution in [2.75, 3.05) is 0 Å². The topological polar surface area (TPSA) is 78.4 Å². The molecule has 0 radical (unpaired) electrons. The molecule has 104 valence electrons. The Morgan fingerprint density at radius 3 is 2.32 bits per heavy atom. The first-order valence-electron chi connectivity index (χ1n) is 6.22. The number of aliphatic carboxylic acids is 1. The molecule has 0 aliphatic heterocycles. The van der Waals surface area contributed by atoms with E-state index >= 15 is 0 Å². The molecule has 0 saturated carbocycles. The standard InChI is InChI=1S/C14H20N2O3/c1-4-14(2,3)16-13(19)15-11(12(17)18)10-8-6-5-7-9-10/h5-9,11H,4H2,1-3H3,(H,17,18)(H2,15,16,19). The molecular formula is C14H20N2O3. The second-order valence-corrected chi connectivity index (χ2v) is 5.02. The average Bonchev–Trinajstić information content (AvgIpc) is 2.36. The fourth-order valence-corrected chi connectivity index (χ4v) is 1.50. The number of hydrogen-bond acceptors (Lipinski definition) is 2. The van der Waals surface area contributed by atoms with E-state index in [2.05, 4.69) is 10.6 Å². The van der Waals surface area contributed by atoms with Gasteiger partial charge in [-0.1, -0.05) is 37.3 Å². The third-order valence-electron chi connectivity index (χ3n) is 2.99. The van der Waals surface area contributed by atoms with Crippen LogP contribution in [0.2, 0.25) is 0 Å². The van der Waals surface area contributed by atoms with Gasteiger partial charge in [-0.25, -0.2) is 9.59 Å². The largest absolute Gasteiger partial charge is 0.479 e. The maximum absolute atomic E-state index is 11.8. The molecule has 1 atom stereocenters. The molecule has 1 unspecified atom stereocenters. The number of hydrogen-bond donors (Lipinski definition) is 3. The van der Waals surface area contributed by atoms with Crippen LogP contribution >= 0.6 is 0 Å². The first-order valence-corrected chi connectivity index (χ1v) is 6.22. The normalized spacial score (nSPS) is 12.6. The van der Waals surface area contributed by atoms with Crippen molar-refractivity contribution in [2.45, 2.75) is 38.8 Å². The molecule has 1 aromatic carbocycles. The van der Waals surface area contributed by atoms with Crippen LogP contribution in [0.1, 0.15) is 38.8 Å². The molecule has 0 saturated heterocycles. The van der Waals surface area contributed by atoms with E-state index < -0.39 is 18.0 Å². The summed E-state index contributed by atoms with van der Waals surface area (Å²) in [5.74, 6) is -1.09. The van der Waals surface area contributed by atoms with E-state index in [4.69, 9.17) is 0 Å². The zero-order valence-electron chi connectivity index (χ0n) is 11.4. The molecule has 5 heteroatoms. The van der Waals surface area contributed by atoms with Crippen molar-refractivity contribution in [3.63, 3.8) is 0 Å². The molecule has 5 nitrogen and oxygen atoms in total. The highest BCUT2D eigenvalue weighted by Crippen LogP contribution is 2.13. The van der Waals surface area contributed by atoms with E-state index in [-0.39, 0.29) is 5.54 Å². The van der Waals surface area contributed by atoms with E-state index in [0.717, 1.165) is 6.42 Å².